The van der Waals surface area contributed by atoms with Gasteiger partial charge in [0.1, 0.15) is 0 Å². The number of carbonyl (C=O) groups excluding carboxylic acids is 1. The van der Waals surface area contributed by atoms with Crippen LogP contribution in [0.1, 0.15) is 34.1 Å². The van der Waals surface area contributed by atoms with E-state index < -0.39 is 5.97 Å². The Morgan fingerprint density at radius 2 is 2.13 bits per heavy atom. The molecule has 1 aliphatic rings. The van der Waals surface area contributed by atoms with E-state index in [1.807, 2.05) is 31.2 Å². The molecule has 0 aliphatic carbocycles. The van der Waals surface area contributed by atoms with Crippen LogP contribution in [0.5, 0.6) is 0 Å². The minimum atomic E-state index is -1.10. The molecule has 0 spiro atoms. The Kier molecular flexibility index (Phi) is 4.10. The fourth-order valence-electron chi connectivity index (χ4n) is 2.82. The summed E-state index contributed by atoms with van der Waals surface area (Å²) in [5.41, 5.74) is 2.07. The summed E-state index contributed by atoms with van der Waals surface area (Å²) in [6, 6.07) is 7.84. The molecule has 2 heterocycles. The van der Waals surface area contributed by atoms with Gasteiger partial charge >= 0.3 is 5.97 Å². The molecule has 1 aromatic carbocycles. The van der Waals surface area contributed by atoms with Crippen molar-refractivity contribution in [2.45, 2.75) is 25.8 Å². The quantitative estimate of drug-likeness (QED) is 0.919. The lowest BCUT2D eigenvalue weighted by Crippen LogP contribution is -2.30. The smallest absolute Gasteiger partial charge is 0.358 e. The zero-order chi connectivity index (χ0) is 16.4. The van der Waals surface area contributed by atoms with Gasteiger partial charge in [-0.05, 0) is 24.5 Å². The number of carboxylic acids is 1. The number of aromatic carboxylic acids is 1. The van der Waals surface area contributed by atoms with Gasteiger partial charge < -0.3 is 10.0 Å². The Morgan fingerprint density at radius 3 is 2.83 bits per heavy atom. The zero-order valence-corrected chi connectivity index (χ0v) is 12.8. The van der Waals surface area contributed by atoms with Crippen LogP contribution < -0.4 is 0 Å². The lowest BCUT2D eigenvalue weighted by molar-refractivity contribution is -0.129. The van der Waals surface area contributed by atoms with Crippen molar-refractivity contribution in [3.63, 3.8) is 0 Å². The van der Waals surface area contributed by atoms with Crippen LogP contribution in [0.4, 0.5) is 0 Å². The van der Waals surface area contributed by atoms with Crippen molar-refractivity contribution in [2.75, 3.05) is 13.1 Å². The van der Waals surface area contributed by atoms with Crippen LogP contribution in [-0.2, 0) is 11.2 Å². The summed E-state index contributed by atoms with van der Waals surface area (Å²) in [5.74, 6) is -1.01. The molecular formula is C16H18N4O3. The highest BCUT2D eigenvalue weighted by Crippen LogP contribution is 2.22. The average molecular weight is 314 g/mol. The number of hydrogen-bond acceptors (Lipinski definition) is 4. The van der Waals surface area contributed by atoms with Gasteiger partial charge in [0.05, 0.1) is 18.7 Å². The predicted octanol–water partition coefficient (Wildman–Crippen LogP) is 1.30. The molecule has 1 amide bonds. The van der Waals surface area contributed by atoms with Crippen molar-refractivity contribution >= 4 is 11.9 Å². The largest absolute Gasteiger partial charge is 0.476 e. The number of aromatic nitrogens is 3. The molecule has 120 valence electrons. The second kappa shape index (κ2) is 6.20. The summed E-state index contributed by atoms with van der Waals surface area (Å²) >= 11 is 0. The Balaban J connectivity index is 1.63. The van der Waals surface area contributed by atoms with Crippen LogP contribution >= 0.6 is 0 Å². The molecule has 23 heavy (non-hydrogen) atoms. The maximum absolute atomic E-state index is 12.4. The summed E-state index contributed by atoms with van der Waals surface area (Å²) in [6.45, 7) is 3.18. The lowest BCUT2D eigenvalue weighted by Gasteiger charge is -2.17. The van der Waals surface area contributed by atoms with Crippen molar-refractivity contribution in [3.05, 3.63) is 47.3 Å². The molecule has 7 heteroatoms. The summed E-state index contributed by atoms with van der Waals surface area (Å²) in [5, 5.41) is 16.4. The lowest BCUT2D eigenvalue weighted by atomic mass is 10.1. The van der Waals surface area contributed by atoms with Crippen molar-refractivity contribution < 1.29 is 14.7 Å². The van der Waals surface area contributed by atoms with E-state index >= 15 is 0 Å². The molecular weight excluding hydrogens is 296 g/mol. The van der Waals surface area contributed by atoms with Crippen LogP contribution in [0, 0.1) is 6.92 Å². The van der Waals surface area contributed by atoms with Gasteiger partial charge in [-0.15, -0.1) is 5.10 Å². The van der Waals surface area contributed by atoms with Crippen molar-refractivity contribution in [2.24, 2.45) is 0 Å². The van der Waals surface area contributed by atoms with Gasteiger partial charge in [0.2, 0.25) is 5.91 Å². The van der Waals surface area contributed by atoms with Gasteiger partial charge in [0, 0.05) is 13.1 Å². The maximum atomic E-state index is 12.4. The molecule has 1 atom stereocenters. The third-order valence-electron chi connectivity index (χ3n) is 4.22. The number of aryl methyl sites for hydroxylation is 1. The molecule has 2 aromatic rings. The standard InChI is InChI=1S/C16H18N4O3/c1-11-4-2-3-5-12(11)8-15(21)19-7-6-13(9-19)20-10-14(16(22)23)17-18-20/h2-5,10,13H,6-9H2,1H3,(H,22,23). The maximum Gasteiger partial charge on any atom is 0.358 e. The monoisotopic (exact) mass is 314 g/mol. The molecule has 7 nitrogen and oxygen atoms in total. The van der Waals surface area contributed by atoms with E-state index in [4.69, 9.17) is 5.11 Å². The van der Waals surface area contributed by atoms with E-state index in [1.54, 1.807) is 9.58 Å². The minimum absolute atomic E-state index is 0.0172. The summed E-state index contributed by atoms with van der Waals surface area (Å²) < 4.78 is 1.55. The van der Waals surface area contributed by atoms with E-state index in [0.29, 0.717) is 19.5 Å². The Hall–Kier alpha value is -2.70. The number of carboxylic acid groups (broad SMARTS) is 1. The van der Waals surface area contributed by atoms with E-state index in [-0.39, 0.29) is 17.6 Å². The highest BCUT2D eigenvalue weighted by Gasteiger charge is 2.28. The van der Waals surface area contributed by atoms with Crippen molar-refractivity contribution in [1.29, 1.82) is 0 Å². The van der Waals surface area contributed by atoms with Gasteiger partial charge in [-0.3, -0.25) is 4.79 Å². The first-order valence-electron chi connectivity index (χ1n) is 7.52. The molecule has 1 aliphatic heterocycles. The van der Waals surface area contributed by atoms with Crippen molar-refractivity contribution in [1.82, 2.24) is 19.9 Å². The normalized spacial score (nSPS) is 17.4. The zero-order valence-electron chi connectivity index (χ0n) is 12.8. The van der Waals surface area contributed by atoms with Gasteiger partial charge in [0.25, 0.3) is 0 Å². The van der Waals surface area contributed by atoms with Crippen LogP contribution in [0.2, 0.25) is 0 Å². The van der Waals surface area contributed by atoms with E-state index in [1.165, 1.54) is 6.20 Å². The minimum Gasteiger partial charge on any atom is -0.476 e. The molecule has 1 aromatic heterocycles. The van der Waals surface area contributed by atoms with E-state index in [0.717, 1.165) is 17.5 Å². The molecule has 1 unspecified atom stereocenters. The Morgan fingerprint density at radius 1 is 1.35 bits per heavy atom. The molecule has 3 rings (SSSR count). The number of benzene rings is 1. The highest BCUT2D eigenvalue weighted by atomic mass is 16.4. The van der Waals surface area contributed by atoms with E-state index in [9.17, 15) is 9.59 Å². The Bertz CT molecular complexity index is 740. The van der Waals surface area contributed by atoms with Gasteiger partial charge in [-0.25, -0.2) is 9.48 Å². The first-order valence-corrected chi connectivity index (χ1v) is 7.52. The van der Waals surface area contributed by atoms with Gasteiger partial charge in [-0.2, -0.15) is 0 Å². The summed E-state index contributed by atoms with van der Waals surface area (Å²) in [6.07, 6.45) is 2.56. The number of carbonyl (C=O) groups is 2. The van der Waals surface area contributed by atoms with Crippen molar-refractivity contribution in [3.8, 4) is 0 Å². The second-order valence-electron chi connectivity index (χ2n) is 5.77. The van der Waals surface area contributed by atoms with Gasteiger partial charge in [0.15, 0.2) is 5.69 Å². The second-order valence-corrected chi connectivity index (χ2v) is 5.77. The topological polar surface area (TPSA) is 88.3 Å². The number of hydrogen-bond donors (Lipinski definition) is 1. The van der Waals surface area contributed by atoms with E-state index in [2.05, 4.69) is 10.3 Å². The summed E-state index contributed by atoms with van der Waals surface area (Å²) in [7, 11) is 0. The number of rotatable bonds is 4. The summed E-state index contributed by atoms with van der Waals surface area (Å²) in [4.78, 5) is 25.1. The number of amides is 1. The first-order chi connectivity index (χ1) is 11.0. The molecule has 1 fully saturated rings. The average Bonchev–Trinajstić information content (AvgIpc) is 3.18. The SMILES string of the molecule is Cc1ccccc1CC(=O)N1CCC(n2cc(C(=O)O)nn2)C1. The molecule has 1 saturated heterocycles. The molecule has 1 N–H and O–H groups in total. The molecule has 0 bridgehead atoms. The number of nitrogens with zero attached hydrogens (tertiary/aromatic N) is 4. The van der Waals surface area contributed by atoms with Crippen LogP contribution in [0.3, 0.4) is 0 Å². The van der Waals surface area contributed by atoms with Crippen LogP contribution in [0.25, 0.3) is 0 Å². The first kappa shape index (κ1) is 15.2. The molecule has 0 radical (unpaired) electrons. The number of likely N-dealkylation sites (tertiary alicyclic amines) is 1. The predicted molar refractivity (Wildman–Crippen MR) is 82.1 cm³/mol. The highest BCUT2D eigenvalue weighted by molar-refractivity contribution is 5.84. The van der Waals surface area contributed by atoms with Crippen LogP contribution in [0.15, 0.2) is 30.5 Å². The fraction of sp³-hybridized carbons (Fsp3) is 0.375. The molecule has 0 saturated carbocycles. The van der Waals surface area contributed by atoms with Crippen LogP contribution in [-0.4, -0.2) is 50.0 Å². The third kappa shape index (κ3) is 3.23. The third-order valence-corrected chi connectivity index (χ3v) is 4.22. The van der Waals surface area contributed by atoms with Gasteiger partial charge in [-0.1, -0.05) is 29.5 Å². The fourth-order valence-corrected chi connectivity index (χ4v) is 2.82. The Labute approximate surface area is 133 Å².